The van der Waals surface area contributed by atoms with Gasteiger partial charge in [-0.2, -0.15) is 23.5 Å². The van der Waals surface area contributed by atoms with Gasteiger partial charge in [-0.05, 0) is 49.7 Å². The summed E-state index contributed by atoms with van der Waals surface area (Å²) in [6, 6.07) is 0. The molecule has 1 rings (SSSR count). The van der Waals surface area contributed by atoms with E-state index in [0.29, 0.717) is 0 Å². The van der Waals surface area contributed by atoms with Gasteiger partial charge in [0.2, 0.25) is 0 Å². The Morgan fingerprint density at radius 2 is 0.923 bits per heavy atom. The third-order valence-corrected chi connectivity index (χ3v) is 6.00. The number of methoxy groups -OCH3 is 3. The van der Waals surface area contributed by atoms with Crippen molar-refractivity contribution in [2.75, 3.05) is 115 Å². The molecule has 0 unspecified atom stereocenters. The summed E-state index contributed by atoms with van der Waals surface area (Å²) < 4.78 is 72.2. The molecule has 0 spiro atoms. The van der Waals surface area contributed by atoms with Crippen LogP contribution >= 0.6 is 23.5 Å². The normalized spacial score (nSPS) is 11.2. The third-order valence-electron chi connectivity index (χ3n) is 3.56. The van der Waals surface area contributed by atoms with Gasteiger partial charge in [0.15, 0.2) is 0 Å². The summed E-state index contributed by atoms with van der Waals surface area (Å²) in [5.41, 5.74) is 0. The summed E-state index contributed by atoms with van der Waals surface area (Å²) in [7, 11) is 0.130. The highest BCUT2D eigenvalue weighted by atomic mass is 32.2. The lowest BCUT2D eigenvalue weighted by Crippen LogP contribution is -1.96. The smallest absolute Gasteiger partial charge is 0.147 e. The van der Waals surface area contributed by atoms with Crippen molar-refractivity contribution in [2.45, 2.75) is 115 Å². The fourth-order valence-electron chi connectivity index (χ4n) is 1.33. The van der Waals surface area contributed by atoms with Gasteiger partial charge in [0.1, 0.15) is 19.7 Å². The highest BCUT2D eigenvalue weighted by Crippen LogP contribution is 2.22. The molecule has 1 saturated carbocycles. The number of sulfone groups is 2. The second kappa shape index (κ2) is 80.3. The molecule has 0 aliphatic heterocycles. The molecule has 0 heterocycles. The molecule has 0 saturated heterocycles. The zero-order chi connectivity index (χ0) is 44.6. The SMILES string of the molecule is CC(C)C.CC1CCCC1.CCC.CCCOC.CCOC.CCS(C)(=O)=O.CCSC.CC[S@@](C)=O.COC.CS(C)(=O)=O.CS(C)=O.CSC. The lowest BCUT2D eigenvalue weighted by Gasteiger charge is -1.91. The van der Waals surface area contributed by atoms with Gasteiger partial charge in [-0.3, -0.25) is 8.42 Å². The van der Waals surface area contributed by atoms with E-state index in [1.165, 1.54) is 44.1 Å². The van der Waals surface area contributed by atoms with Gasteiger partial charge >= 0.3 is 0 Å². The summed E-state index contributed by atoms with van der Waals surface area (Å²) in [5, 5.41) is 0. The fourth-order valence-corrected chi connectivity index (χ4v) is 1.33. The van der Waals surface area contributed by atoms with Crippen molar-refractivity contribution in [1.29, 1.82) is 0 Å². The fraction of sp³-hybridized carbons (Fsp3) is 1.00. The quantitative estimate of drug-likeness (QED) is 0.253. The lowest BCUT2D eigenvalue weighted by molar-refractivity contribution is 0.199. The molecule has 0 amide bonds. The number of thioether (sulfide) groups is 2. The summed E-state index contributed by atoms with van der Waals surface area (Å²) in [5.74, 6) is 4.14. The van der Waals surface area contributed by atoms with Crippen LogP contribution in [0.25, 0.3) is 0 Å². The van der Waals surface area contributed by atoms with Crippen LogP contribution in [-0.2, 0) is 55.5 Å². The van der Waals surface area contributed by atoms with Gasteiger partial charge in [0, 0.05) is 112 Å². The first-order valence-corrected chi connectivity index (χ1v) is 28.9. The second-order valence-electron chi connectivity index (χ2n) is 11.8. The van der Waals surface area contributed by atoms with E-state index in [4.69, 9.17) is 4.74 Å². The topological polar surface area (TPSA) is 130 Å². The van der Waals surface area contributed by atoms with Crippen molar-refractivity contribution in [3.63, 3.8) is 0 Å². The molecule has 1 atom stereocenters. The Bertz CT molecular complexity index is 730. The second-order valence-corrected chi connectivity index (χ2v) is 21.6. The Labute approximate surface area is 344 Å². The van der Waals surface area contributed by atoms with E-state index in [-0.39, 0.29) is 5.75 Å². The van der Waals surface area contributed by atoms with E-state index < -0.39 is 41.3 Å². The molecule has 1 aliphatic rings. The van der Waals surface area contributed by atoms with E-state index in [2.05, 4.69) is 71.1 Å². The molecule has 9 nitrogen and oxygen atoms in total. The van der Waals surface area contributed by atoms with Gasteiger partial charge in [-0.1, -0.05) is 101 Å². The molecule has 0 N–H and O–H groups in total. The average Bonchev–Trinajstić information content (AvgIpc) is 3.49. The first kappa shape index (κ1) is 81.1. The molecule has 0 aromatic carbocycles. The molecule has 1 fully saturated rings. The first-order chi connectivity index (χ1) is 23.7. The molecule has 334 valence electrons. The van der Waals surface area contributed by atoms with E-state index >= 15 is 0 Å². The first-order valence-electron chi connectivity index (χ1n) is 17.8. The molecule has 52 heavy (non-hydrogen) atoms. The predicted octanol–water partition coefficient (Wildman–Crippen LogP) is 9.67. The number of ether oxygens (including phenoxy) is 3. The minimum atomic E-state index is -2.67. The van der Waals surface area contributed by atoms with Crippen LogP contribution < -0.4 is 0 Å². The average molecular weight is 878 g/mol. The maximum absolute atomic E-state index is 10.0. The maximum atomic E-state index is 10.0. The van der Waals surface area contributed by atoms with E-state index in [0.717, 1.165) is 49.7 Å². The van der Waals surface area contributed by atoms with Gasteiger partial charge in [0.25, 0.3) is 0 Å². The lowest BCUT2D eigenvalue weighted by atomic mass is 10.2. The molecule has 0 radical (unpaired) electrons. The maximum Gasteiger partial charge on any atom is 0.147 e. The minimum absolute atomic E-state index is 0.243. The molecule has 15 heteroatoms. The van der Waals surface area contributed by atoms with Crippen LogP contribution in [0.2, 0.25) is 0 Å². The Morgan fingerprint density at radius 3 is 0.942 bits per heavy atom. The molecular weight excluding hydrogens is 781 g/mol. The van der Waals surface area contributed by atoms with Gasteiger partial charge < -0.3 is 14.2 Å². The van der Waals surface area contributed by atoms with E-state index in [1.54, 1.807) is 65.9 Å². The molecular formula is C37H96O9S6. The van der Waals surface area contributed by atoms with Gasteiger partial charge in [-0.15, -0.1) is 0 Å². The molecule has 0 aromatic rings. The zero-order valence-corrected chi connectivity index (χ0v) is 44.0. The van der Waals surface area contributed by atoms with Crippen LogP contribution in [0.1, 0.15) is 115 Å². The molecule has 1 aliphatic carbocycles. The van der Waals surface area contributed by atoms with Crippen molar-refractivity contribution >= 4 is 64.8 Å². The number of hydrogen-bond acceptors (Lipinski definition) is 11. The molecule has 0 bridgehead atoms. The molecule has 0 aromatic heterocycles. The largest absolute Gasteiger partial charge is 0.388 e. The van der Waals surface area contributed by atoms with Crippen LogP contribution in [0, 0.1) is 11.8 Å². The monoisotopic (exact) mass is 877 g/mol. The Balaban J connectivity index is -0.0000000395. The predicted molar refractivity (Wildman–Crippen MR) is 251 cm³/mol. The van der Waals surface area contributed by atoms with Crippen molar-refractivity contribution in [3.05, 3.63) is 0 Å². The summed E-state index contributed by atoms with van der Waals surface area (Å²) >= 11 is 3.61. The van der Waals surface area contributed by atoms with Crippen LogP contribution in [0.4, 0.5) is 0 Å². The van der Waals surface area contributed by atoms with Crippen LogP contribution in [0.3, 0.4) is 0 Å². The van der Waals surface area contributed by atoms with Crippen LogP contribution in [0.5, 0.6) is 0 Å². The highest BCUT2D eigenvalue weighted by Gasteiger charge is 2.07. The Kier molecular flexibility index (Phi) is 125. The summed E-state index contributed by atoms with van der Waals surface area (Å²) in [4.78, 5) is 0. The Hall–Kier alpha value is 0.780. The van der Waals surface area contributed by atoms with Gasteiger partial charge in [0.05, 0.1) is 0 Å². The van der Waals surface area contributed by atoms with E-state index in [1.807, 2.05) is 38.1 Å². The standard InChI is InChI=1S/C6H12.C4H10O.C4H10.C3H8O2S.C3H8OS.C3H8O.C3H8S.C3H8.C2H6O2S.C2H6OS.C2H6O.C2H6S/c1-6-4-2-3-5-6;1-3-4-5-2;1-4(2)3;1-3-6(2,4)5;1-3-5(2)4;2*1-3-4-2;1-3-2;1-5(2,3)4;1-4(2)3;2*1-3-2/h6H,2-5H2,1H3;3-4H2,1-2H3;4H,1-3H3;3H2,1-2H3;3H2,1-2H3;2*3H2,1-2H3;3H2,1-2H3;1-2H3;1-2H3;2*1-2H3/t;;;;5-;;;;;;;/m....1......./s1. The van der Waals surface area contributed by atoms with Crippen LogP contribution in [-0.4, -0.2) is 140 Å². The summed E-state index contributed by atoms with van der Waals surface area (Å²) in [6.07, 6.45) is 23.0. The van der Waals surface area contributed by atoms with Gasteiger partial charge in [-0.25, -0.2) is 16.8 Å². The van der Waals surface area contributed by atoms with E-state index in [9.17, 15) is 25.3 Å². The van der Waals surface area contributed by atoms with Crippen molar-refractivity contribution in [3.8, 4) is 0 Å². The minimum Gasteiger partial charge on any atom is -0.388 e. The third kappa shape index (κ3) is 447. The Morgan fingerprint density at radius 1 is 0.731 bits per heavy atom. The van der Waals surface area contributed by atoms with Crippen molar-refractivity contribution in [2.24, 2.45) is 11.8 Å². The van der Waals surface area contributed by atoms with Crippen molar-refractivity contribution < 1.29 is 39.5 Å². The number of rotatable bonds is 6. The number of hydrogen-bond donors (Lipinski definition) is 0. The van der Waals surface area contributed by atoms with Crippen molar-refractivity contribution in [1.82, 2.24) is 0 Å². The highest BCUT2D eigenvalue weighted by molar-refractivity contribution is 7.98. The zero-order valence-electron chi connectivity index (χ0n) is 39.1. The van der Waals surface area contributed by atoms with Crippen LogP contribution in [0.15, 0.2) is 0 Å². The summed E-state index contributed by atoms with van der Waals surface area (Å²) in [6.45, 7) is 24.5.